The molecule has 4 nitrogen and oxygen atoms in total. The van der Waals surface area contributed by atoms with Crippen LogP contribution in [-0.4, -0.2) is 30.9 Å². The van der Waals surface area contributed by atoms with Gasteiger partial charge in [-0.05, 0) is 24.8 Å². The average Bonchev–Trinajstić information content (AvgIpc) is 3.02. The van der Waals surface area contributed by atoms with Crippen LogP contribution >= 0.6 is 11.3 Å². The summed E-state index contributed by atoms with van der Waals surface area (Å²) in [6.07, 6.45) is 1.12. The van der Waals surface area contributed by atoms with Crippen molar-refractivity contribution in [1.29, 1.82) is 0 Å². The summed E-state index contributed by atoms with van der Waals surface area (Å²) >= 11 is 1.43. The summed E-state index contributed by atoms with van der Waals surface area (Å²) < 4.78 is 5.17. The molecular formula is C13H17NO3S. The van der Waals surface area contributed by atoms with Crippen LogP contribution in [0.2, 0.25) is 0 Å². The molecule has 1 aromatic heterocycles. The summed E-state index contributed by atoms with van der Waals surface area (Å²) in [7, 11) is 0. The topological polar surface area (TPSA) is 55.4 Å². The van der Waals surface area contributed by atoms with E-state index in [-0.39, 0.29) is 23.7 Å². The van der Waals surface area contributed by atoms with Crippen LogP contribution in [0.1, 0.15) is 29.4 Å². The number of nitrogens with one attached hydrogen (secondary N) is 1. The first-order valence-corrected chi connectivity index (χ1v) is 6.99. The number of ketones is 1. The van der Waals surface area contributed by atoms with Gasteiger partial charge in [-0.1, -0.05) is 6.07 Å². The van der Waals surface area contributed by atoms with Crippen molar-refractivity contribution < 1.29 is 14.3 Å². The molecule has 2 atom stereocenters. The van der Waals surface area contributed by atoms with E-state index < -0.39 is 0 Å². The minimum Gasteiger partial charge on any atom is -0.381 e. The van der Waals surface area contributed by atoms with Crippen molar-refractivity contribution in [3.05, 3.63) is 22.4 Å². The zero-order valence-electron chi connectivity index (χ0n) is 10.3. The molecule has 1 N–H and O–H groups in total. The molecule has 0 aromatic carbocycles. The van der Waals surface area contributed by atoms with Gasteiger partial charge in [0.1, 0.15) is 0 Å². The molecule has 1 aromatic rings. The third kappa shape index (κ3) is 3.40. The number of rotatable bonds is 5. The SMILES string of the molecule is C[C@H](CC(=O)c1cccs1)NC(=O)[C@@H]1CCOC1. The summed E-state index contributed by atoms with van der Waals surface area (Å²) in [4.78, 5) is 24.4. The van der Waals surface area contributed by atoms with Gasteiger partial charge in [-0.15, -0.1) is 11.3 Å². The molecule has 1 fully saturated rings. The van der Waals surface area contributed by atoms with Crippen LogP contribution in [-0.2, 0) is 9.53 Å². The van der Waals surface area contributed by atoms with Gasteiger partial charge >= 0.3 is 0 Å². The van der Waals surface area contributed by atoms with Gasteiger partial charge in [0.2, 0.25) is 5.91 Å². The van der Waals surface area contributed by atoms with Gasteiger partial charge in [-0.3, -0.25) is 9.59 Å². The van der Waals surface area contributed by atoms with E-state index in [0.29, 0.717) is 19.6 Å². The van der Waals surface area contributed by atoms with Crippen LogP contribution in [0.4, 0.5) is 0 Å². The van der Waals surface area contributed by atoms with Gasteiger partial charge in [0.15, 0.2) is 5.78 Å². The number of Topliss-reactive ketones (excluding diaryl/α,β-unsaturated/α-hetero) is 1. The maximum atomic E-state index is 11.9. The zero-order chi connectivity index (χ0) is 13.0. The molecule has 0 aliphatic carbocycles. The van der Waals surface area contributed by atoms with Crippen molar-refractivity contribution in [1.82, 2.24) is 5.32 Å². The summed E-state index contributed by atoms with van der Waals surface area (Å²) in [5.41, 5.74) is 0. The molecule has 0 unspecified atom stereocenters. The Morgan fingerprint density at radius 2 is 2.44 bits per heavy atom. The summed E-state index contributed by atoms with van der Waals surface area (Å²) in [5, 5.41) is 4.76. The Labute approximate surface area is 110 Å². The zero-order valence-corrected chi connectivity index (χ0v) is 11.2. The Balaban J connectivity index is 1.79. The van der Waals surface area contributed by atoms with Gasteiger partial charge in [-0.2, -0.15) is 0 Å². The van der Waals surface area contributed by atoms with E-state index in [1.807, 2.05) is 24.4 Å². The minimum absolute atomic E-state index is 0.000945. The first-order chi connectivity index (χ1) is 8.66. The lowest BCUT2D eigenvalue weighted by Crippen LogP contribution is -2.38. The molecule has 98 valence electrons. The Bertz CT molecular complexity index is 410. The Hall–Kier alpha value is -1.20. The number of hydrogen-bond acceptors (Lipinski definition) is 4. The number of thiophene rings is 1. The first-order valence-electron chi connectivity index (χ1n) is 6.11. The van der Waals surface area contributed by atoms with E-state index >= 15 is 0 Å². The fourth-order valence-corrected chi connectivity index (χ4v) is 2.64. The molecule has 5 heteroatoms. The van der Waals surface area contributed by atoms with Gasteiger partial charge in [0, 0.05) is 19.1 Å². The highest BCUT2D eigenvalue weighted by Gasteiger charge is 2.25. The van der Waals surface area contributed by atoms with Crippen LogP contribution in [0, 0.1) is 5.92 Å². The van der Waals surface area contributed by atoms with E-state index in [2.05, 4.69) is 5.32 Å². The number of hydrogen-bond donors (Lipinski definition) is 1. The lowest BCUT2D eigenvalue weighted by atomic mass is 10.1. The molecule has 0 saturated carbocycles. The normalized spacial score (nSPS) is 20.6. The highest BCUT2D eigenvalue weighted by atomic mass is 32.1. The van der Waals surface area contributed by atoms with E-state index in [0.717, 1.165) is 11.3 Å². The number of carbonyl (C=O) groups is 2. The van der Waals surface area contributed by atoms with Crippen molar-refractivity contribution in [3.8, 4) is 0 Å². The van der Waals surface area contributed by atoms with Gasteiger partial charge in [0.25, 0.3) is 0 Å². The molecule has 2 rings (SSSR count). The number of ether oxygens (including phenoxy) is 1. The van der Waals surface area contributed by atoms with Gasteiger partial charge in [0.05, 0.1) is 17.4 Å². The van der Waals surface area contributed by atoms with E-state index in [9.17, 15) is 9.59 Å². The van der Waals surface area contributed by atoms with Crippen molar-refractivity contribution in [2.75, 3.05) is 13.2 Å². The third-order valence-electron chi connectivity index (χ3n) is 2.98. The smallest absolute Gasteiger partial charge is 0.225 e. The molecule has 2 heterocycles. The van der Waals surface area contributed by atoms with E-state index in [4.69, 9.17) is 4.74 Å². The lowest BCUT2D eigenvalue weighted by molar-refractivity contribution is -0.125. The number of amides is 1. The van der Waals surface area contributed by atoms with Crippen molar-refractivity contribution in [2.45, 2.75) is 25.8 Å². The fourth-order valence-electron chi connectivity index (χ4n) is 1.97. The second-order valence-corrected chi connectivity index (χ2v) is 5.52. The third-order valence-corrected chi connectivity index (χ3v) is 3.89. The standard InChI is InChI=1S/C13H17NO3S/c1-9(7-11(15)12-3-2-6-18-12)14-13(16)10-4-5-17-8-10/h2-3,6,9-10H,4-5,7-8H2,1H3,(H,14,16)/t9-,10-/m1/s1. The molecule has 0 bridgehead atoms. The Morgan fingerprint density at radius 3 is 3.06 bits per heavy atom. The van der Waals surface area contributed by atoms with Crippen LogP contribution < -0.4 is 5.32 Å². The summed E-state index contributed by atoms with van der Waals surface area (Å²) in [6.45, 7) is 3.01. The van der Waals surface area contributed by atoms with E-state index in [1.165, 1.54) is 11.3 Å². The Kier molecular flexibility index (Phi) is 4.49. The van der Waals surface area contributed by atoms with Crippen LogP contribution in [0.15, 0.2) is 17.5 Å². The number of carbonyl (C=O) groups excluding carboxylic acids is 2. The van der Waals surface area contributed by atoms with Crippen molar-refractivity contribution in [2.24, 2.45) is 5.92 Å². The molecule has 0 spiro atoms. The highest BCUT2D eigenvalue weighted by molar-refractivity contribution is 7.12. The summed E-state index contributed by atoms with van der Waals surface area (Å²) in [6, 6.07) is 3.54. The summed E-state index contributed by atoms with van der Waals surface area (Å²) in [5.74, 6) is 0.0312. The molecule has 18 heavy (non-hydrogen) atoms. The van der Waals surface area contributed by atoms with Crippen LogP contribution in [0.3, 0.4) is 0 Å². The van der Waals surface area contributed by atoms with Gasteiger partial charge < -0.3 is 10.1 Å². The molecule has 1 aliphatic rings. The predicted molar refractivity (Wildman–Crippen MR) is 69.8 cm³/mol. The second kappa shape index (κ2) is 6.11. The Morgan fingerprint density at radius 1 is 1.61 bits per heavy atom. The lowest BCUT2D eigenvalue weighted by Gasteiger charge is -2.15. The van der Waals surface area contributed by atoms with Crippen molar-refractivity contribution in [3.63, 3.8) is 0 Å². The monoisotopic (exact) mass is 267 g/mol. The minimum atomic E-state index is -0.132. The quantitative estimate of drug-likeness (QED) is 0.828. The predicted octanol–water partition coefficient (Wildman–Crippen LogP) is 1.86. The van der Waals surface area contributed by atoms with Crippen LogP contribution in [0.5, 0.6) is 0 Å². The van der Waals surface area contributed by atoms with E-state index in [1.54, 1.807) is 0 Å². The van der Waals surface area contributed by atoms with Crippen molar-refractivity contribution >= 4 is 23.0 Å². The molecular weight excluding hydrogens is 250 g/mol. The average molecular weight is 267 g/mol. The highest BCUT2D eigenvalue weighted by Crippen LogP contribution is 2.14. The molecule has 1 aliphatic heterocycles. The first kappa shape index (κ1) is 13.2. The molecule has 1 amide bonds. The molecule has 1 saturated heterocycles. The molecule has 0 radical (unpaired) electrons. The van der Waals surface area contributed by atoms with Gasteiger partial charge in [-0.25, -0.2) is 0 Å². The second-order valence-electron chi connectivity index (χ2n) is 4.57. The maximum absolute atomic E-state index is 11.9. The maximum Gasteiger partial charge on any atom is 0.225 e. The van der Waals surface area contributed by atoms with Crippen LogP contribution in [0.25, 0.3) is 0 Å². The largest absolute Gasteiger partial charge is 0.381 e. The fraction of sp³-hybridized carbons (Fsp3) is 0.538.